The molecule has 16 heteroatoms. The summed E-state index contributed by atoms with van der Waals surface area (Å²) in [6, 6.07) is 15.5. The number of piperidine rings is 1. The second kappa shape index (κ2) is 17.5. The summed E-state index contributed by atoms with van der Waals surface area (Å²) < 4.78 is 37.4. The lowest BCUT2D eigenvalue weighted by molar-refractivity contribution is -0.928. The number of phenolic OH excluding ortho intramolecular Hbond substituents is 1. The summed E-state index contributed by atoms with van der Waals surface area (Å²) in [5.74, 6) is -3.82. The number of hydrogen-bond acceptors (Lipinski definition) is 9. The lowest BCUT2D eigenvalue weighted by Gasteiger charge is -2.44. The van der Waals surface area contributed by atoms with Gasteiger partial charge in [-0.2, -0.15) is 13.2 Å². The number of imide groups is 1. The van der Waals surface area contributed by atoms with Crippen LogP contribution in [0.3, 0.4) is 0 Å². The zero-order valence-electron chi connectivity index (χ0n) is 26.9. The van der Waals surface area contributed by atoms with Gasteiger partial charge in [-0.1, -0.05) is 42.8 Å². The van der Waals surface area contributed by atoms with Crippen LogP contribution in [-0.2, 0) is 27.3 Å². The molecule has 0 radical (unpaired) electrons. The standard InChI is InChI=1S/C31H37ClN4O5S.C2HF3O2/c1-3-17-41-30(39)27-14-15-28(42-27)34-31(40)35(29(38)26(33)18-21-8-12-25(37)13-9-21)24-5-4-16-36(2,20-24)19-22-6-10-23(32)11-7-22;3-2(4,5)1(6)7/h6-15,24,26H,3-5,16-20,33H2,1-2H3,(H-,34,37,39,40);(H,6,7)/t24-,26-,36?;/m0./s1. The van der Waals surface area contributed by atoms with Gasteiger partial charge in [0.2, 0.25) is 5.91 Å². The van der Waals surface area contributed by atoms with Crippen molar-refractivity contribution in [3.8, 4) is 5.75 Å². The van der Waals surface area contributed by atoms with Gasteiger partial charge in [-0.3, -0.25) is 15.0 Å². The summed E-state index contributed by atoms with van der Waals surface area (Å²) in [7, 11) is 2.13. The van der Waals surface area contributed by atoms with Gasteiger partial charge in [-0.15, -0.1) is 11.3 Å². The van der Waals surface area contributed by atoms with Crippen molar-refractivity contribution in [2.24, 2.45) is 5.73 Å². The Morgan fingerprint density at radius 2 is 1.71 bits per heavy atom. The van der Waals surface area contributed by atoms with Crippen molar-refractivity contribution in [3.63, 3.8) is 0 Å². The number of anilines is 1. The molecule has 3 aromatic rings. The van der Waals surface area contributed by atoms with Crippen LogP contribution < -0.4 is 16.2 Å². The van der Waals surface area contributed by atoms with E-state index in [0.29, 0.717) is 45.4 Å². The van der Waals surface area contributed by atoms with Gasteiger partial charge in [-0.25, -0.2) is 9.59 Å². The van der Waals surface area contributed by atoms with Gasteiger partial charge in [0.15, 0.2) is 0 Å². The molecule has 49 heavy (non-hydrogen) atoms. The molecule has 3 atom stereocenters. The molecular weight excluding hydrogens is 689 g/mol. The van der Waals surface area contributed by atoms with Crippen molar-refractivity contribution in [3.05, 3.63) is 81.7 Å². The van der Waals surface area contributed by atoms with Gasteiger partial charge in [0.05, 0.1) is 37.3 Å². The topological polar surface area (TPSA) is 162 Å². The molecule has 266 valence electrons. The number of aromatic hydroxyl groups is 1. The predicted molar refractivity (Wildman–Crippen MR) is 176 cm³/mol. The van der Waals surface area contributed by atoms with Crippen LogP contribution >= 0.6 is 22.9 Å². The number of urea groups is 1. The van der Waals surface area contributed by atoms with E-state index in [0.717, 1.165) is 42.0 Å². The van der Waals surface area contributed by atoms with Crippen molar-refractivity contribution in [2.75, 3.05) is 32.1 Å². The number of quaternary nitrogens is 1. The van der Waals surface area contributed by atoms with Gasteiger partial charge >= 0.3 is 18.2 Å². The summed E-state index contributed by atoms with van der Waals surface area (Å²) in [5, 5.41) is 22.3. The summed E-state index contributed by atoms with van der Waals surface area (Å²) in [6.45, 7) is 4.42. The number of rotatable bonds is 10. The maximum atomic E-state index is 13.9. The molecule has 1 aromatic heterocycles. The number of benzene rings is 2. The summed E-state index contributed by atoms with van der Waals surface area (Å²) in [6.07, 6.45) is -2.80. The zero-order chi connectivity index (χ0) is 36.4. The van der Waals surface area contributed by atoms with Gasteiger partial charge in [0.25, 0.3) is 0 Å². The average molecular weight is 727 g/mol. The SMILES string of the molecule is CCCOC(=O)c1ccc(NC(=O)N(C(=O)[C@@H](N)Cc2ccc(O)cc2)[C@H]2CCC[N+](C)(Cc3ccc(Cl)cc3)C2)s1.O=C([O-])C(F)(F)F. The number of carboxylic acids is 1. The minimum Gasteiger partial charge on any atom is -0.542 e. The molecule has 1 fully saturated rings. The lowest BCUT2D eigenvalue weighted by Crippen LogP contribution is -2.62. The number of ether oxygens (including phenoxy) is 1. The first-order valence-electron chi connectivity index (χ1n) is 15.3. The van der Waals surface area contributed by atoms with Gasteiger partial charge in [0.1, 0.15) is 29.7 Å². The number of nitrogens with two attached hydrogens (primary N) is 1. The van der Waals surface area contributed by atoms with E-state index in [1.165, 1.54) is 17.0 Å². The van der Waals surface area contributed by atoms with Crippen LogP contribution in [0.25, 0.3) is 0 Å². The predicted octanol–water partition coefficient (Wildman–Crippen LogP) is 4.71. The fourth-order valence-corrected chi connectivity index (χ4v) is 6.24. The second-order valence-electron chi connectivity index (χ2n) is 11.8. The molecule has 2 aromatic carbocycles. The molecule has 1 saturated heterocycles. The fraction of sp³-hybridized carbons (Fsp3) is 0.394. The van der Waals surface area contributed by atoms with Crippen molar-refractivity contribution < 1.29 is 51.8 Å². The number of hydrogen-bond donors (Lipinski definition) is 3. The number of halogens is 4. The number of likely N-dealkylation sites (tertiary alicyclic amines) is 1. The average Bonchev–Trinajstić information content (AvgIpc) is 3.50. The Bertz CT molecular complexity index is 1590. The number of thiophene rings is 1. The largest absolute Gasteiger partial charge is 0.542 e. The van der Waals surface area contributed by atoms with E-state index in [-0.39, 0.29) is 18.2 Å². The van der Waals surface area contributed by atoms with Crippen LogP contribution in [0, 0.1) is 0 Å². The van der Waals surface area contributed by atoms with Crippen LogP contribution in [0.15, 0.2) is 60.7 Å². The number of nitrogens with one attached hydrogen (secondary N) is 1. The third-order valence-electron chi connectivity index (χ3n) is 7.60. The van der Waals surface area contributed by atoms with E-state index in [4.69, 9.17) is 32.0 Å². The number of carbonyl (C=O) groups is 4. The van der Waals surface area contributed by atoms with Crippen LogP contribution in [0.1, 0.15) is 47.0 Å². The molecule has 0 spiro atoms. The monoisotopic (exact) mass is 726 g/mol. The third-order valence-corrected chi connectivity index (χ3v) is 8.83. The molecule has 1 unspecified atom stereocenters. The highest BCUT2D eigenvalue weighted by atomic mass is 35.5. The highest BCUT2D eigenvalue weighted by molar-refractivity contribution is 7.18. The van der Waals surface area contributed by atoms with Crippen LogP contribution in [-0.4, -0.2) is 83.4 Å². The Labute approximate surface area is 290 Å². The first-order chi connectivity index (χ1) is 23.0. The Morgan fingerprint density at radius 3 is 2.31 bits per heavy atom. The Balaban J connectivity index is 0.000000838. The number of alkyl halides is 3. The van der Waals surface area contributed by atoms with Crippen LogP contribution in [0.5, 0.6) is 5.75 Å². The third kappa shape index (κ3) is 12.0. The van der Waals surface area contributed by atoms with E-state index < -0.39 is 36.1 Å². The zero-order valence-corrected chi connectivity index (χ0v) is 28.4. The van der Waals surface area contributed by atoms with Gasteiger partial charge in [-0.05, 0) is 67.6 Å². The number of carbonyl (C=O) groups excluding carboxylic acids is 4. The molecule has 0 aliphatic carbocycles. The molecule has 4 rings (SSSR count). The quantitative estimate of drug-likeness (QED) is 0.200. The molecule has 11 nitrogen and oxygen atoms in total. The number of esters is 1. The van der Waals surface area contributed by atoms with E-state index in [2.05, 4.69) is 12.4 Å². The molecule has 0 bridgehead atoms. The summed E-state index contributed by atoms with van der Waals surface area (Å²) in [4.78, 5) is 50.4. The molecule has 0 saturated carbocycles. The van der Waals surface area contributed by atoms with E-state index >= 15 is 0 Å². The fourth-order valence-electron chi connectivity index (χ4n) is 5.33. The number of carboxylic acid groups (broad SMARTS) is 1. The van der Waals surface area contributed by atoms with Crippen molar-refractivity contribution in [2.45, 2.75) is 57.4 Å². The highest BCUT2D eigenvalue weighted by Crippen LogP contribution is 2.28. The maximum Gasteiger partial charge on any atom is 0.430 e. The Morgan fingerprint density at radius 1 is 1.10 bits per heavy atom. The number of phenols is 1. The molecule has 3 amide bonds. The van der Waals surface area contributed by atoms with E-state index in [1.54, 1.807) is 24.3 Å². The smallest absolute Gasteiger partial charge is 0.430 e. The van der Waals surface area contributed by atoms with Crippen LogP contribution in [0.2, 0.25) is 5.02 Å². The second-order valence-corrected chi connectivity index (χ2v) is 13.3. The number of aliphatic carboxylic acids is 1. The Hall–Kier alpha value is -4.18. The van der Waals surface area contributed by atoms with E-state index in [9.17, 15) is 32.7 Å². The summed E-state index contributed by atoms with van der Waals surface area (Å²) in [5.41, 5.74) is 8.30. The van der Waals surface area contributed by atoms with Crippen molar-refractivity contribution in [1.82, 2.24) is 4.90 Å². The molecule has 1 aliphatic rings. The highest BCUT2D eigenvalue weighted by Gasteiger charge is 2.41. The van der Waals surface area contributed by atoms with Crippen LogP contribution in [0.4, 0.5) is 23.0 Å². The number of nitrogens with zero attached hydrogens (tertiary/aromatic N) is 2. The molecule has 4 N–H and O–H groups in total. The van der Waals surface area contributed by atoms with Crippen molar-refractivity contribution in [1.29, 1.82) is 0 Å². The maximum absolute atomic E-state index is 13.9. The van der Waals surface area contributed by atoms with E-state index in [1.807, 2.05) is 31.2 Å². The van der Waals surface area contributed by atoms with Crippen molar-refractivity contribution >= 4 is 51.8 Å². The summed E-state index contributed by atoms with van der Waals surface area (Å²) >= 11 is 7.18. The minimum absolute atomic E-state index is 0.119. The minimum atomic E-state index is -5.19. The number of amides is 3. The molecule has 1 aliphatic heterocycles. The van der Waals surface area contributed by atoms with Gasteiger partial charge < -0.3 is 30.0 Å². The number of likely N-dealkylation sites (N-methyl/N-ethyl adjacent to an activating group) is 1. The van der Waals surface area contributed by atoms with Gasteiger partial charge in [0, 0.05) is 10.6 Å². The molecule has 2 heterocycles. The first kappa shape index (κ1) is 39.3. The normalized spacial score (nSPS) is 18.0. The lowest BCUT2D eigenvalue weighted by atomic mass is 9.98. The molecular formula is C33H38ClF3N4O7S. The first-order valence-corrected chi connectivity index (χ1v) is 16.5. The Kier molecular flexibility index (Phi) is 14.0.